The van der Waals surface area contributed by atoms with Crippen LogP contribution in [0, 0.1) is 5.82 Å². The molecule has 0 spiro atoms. The van der Waals surface area contributed by atoms with Crippen LogP contribution < -0.4 is 4.74 Å². The Morgan fingerprint density at radius 3 is 2.30 bits per heavy atom. The minimum atomic E-state index is -1.03. The fourth-order valence-corrected chi connectivity index (χ4v) is 4.15. The summed E-state index contributed by atoms with van der Waals surface area (Å²) < 4.78 is 21.5. The Hall–Kier alpha value is -0.430. The van der Waals surface area contributed by atoms with Gasteiger partial charge in [0.15, 0.2) is 0 Å². The third-order valence-corrected chi connectivity index (χ3v) is 4.25. The van der Waals surface area contributed by atoms with Crippen LogP contribution in [0.25, 0.3) is 0 Å². The van der Waals surface area contributed by atoms with Gasteiger partial charge >= 0.3 is 0 Å². The van der Waals surface area contributed by atoms with E-state index in [9.17, 15) is 9.50 Å². The number of hydrogen-bond donors (Lipinski definition) is 1. The van der Waals surface area contributed by atoms with Gasteiger partial charge in [-0.05, 0) is 50.1 Å². The fourth-order valence-electron chi connectivity index (χ4n) is 1.66. The molecular weight excluding hydrogens is 459 g/mol. The van der Waals surface area contributed by atoms with E-state index >= 15 is 0 Å². The normalized spacial score (nSPS) is 12.2. The van der Waals surface area contributed by atoms with E-state index in [4.69, 9.17) is 4.74 Å². The van der Waals surface area contributed by atoms with E-state index < -0.39 is 11.9 Å². The van der Waals surface area contributed by atoms with E-state index in [2.05, 4.69) is 47.8 Å². The number of aliphatic hydroxyl groups is 1. The zero-order valence-corrected chi connectivity index (χ0v) is 14.9. The van der Waals surface area contributed by atoms with Gasteiger partial charge in [0.1, 0.15) is 24.3 Å². The second kappa shape index (κ2) is 7.02. The molecule has 0 aromatic heterocycles. The third-order valence-electron chi connectivity index (χ3n) is 2.61. The molecule has 2 aromatic rings. The maximum atomic E-state index is 13.5. The van der Waals surface area contributed by atoms with Gasteiger partial charge in [-0.1, -0.05) is 34.1 Å². The van der Waals surface area contributed by atoms with Crippen molar-refractivity contribution < 1.29 is 14.2 Å². The van der Waals surface area contributed by atoms with E-state index in [1.165, 1.54) is 12.1 Å². The number of rotatable bonds is 4. The van der Waals surface area contributed by atoms with Crippen molar-refractivity contribution in [2.24, 2.45) is 0 Å². The molecule has 0 heterocycles. The largest absolute Gasteiger partial charge is 0.488 e. The summed E-state index contributed by atoms with van der Waals surface area (Å²) in [5, 5.41) is 9.99. The van der Waals surface area contributed by atoms with Gasteiger partial charge in [0, 0.05) is 10.0 Å². The van der Waals surface area contributed by atoms with Crippen molar-refractivity contribution in [3.8, 4) is 5.75 Å². The number of benzene rings is 2. The smallest absolute Gasteiger partial charge is 0.147 e. The molecule has 0 fully saturated rings. The Morgan fingerprint density at radius 1 is 1.10 bits per heavy atom. The molecule has 2 nitrogen and oxygen atoms in total. The molecule has 0 saturated heterocycles. The van der Waals surface area contributed by atoms with Crippen LogP contribution in [0.3, 0.4) is 0 Å². The van der Waals surface area contributed by atoms with Gasteiger partial charge in [-0.3, -0.25) is 0 Å². The summed E-state index contributed by atoms with van der Waals surface area (Å²) in [6.45, 7) is -0.0419. The second-order valence-corrected chi connectivity index (χ2v) is 6.67. The molecule has 0 aliphatic carbocycles. The van der Waals surface area contributed by atoms with Crippen LogP contribution in [0.5, 0.6) is 5.75 Å². The lowest BCUT2D eigenvalue weighted by Gasteiger charge is -2.15. The first-order valence-corrected chi connectivity index (χ1v) is 8.06. The molecule has 106 valence electrons. The molecule has 0 saturated carbocycles. The molecule has 1 unspecified atom stereocenters. The van der Waals surface area contributed by atoms with E-state index in [1.54, 1.807) is 12.1 Å². The molecule has 6 heteroatoms. The van der Waals surface area contributed by atoms with Crippen LogP contribution in [-0.4, -0.2) is 11.7 Å². The van der Waals surface area contributed by atoms with Crippen LogP contribution in [0.4, 0.5) is 4.39 Å². The van der Waals surface area contributed by atoms with Gasteiger partial charge in [0.2, 0.25) is 0 Å². The predicted octanol–water partition coefficient (Wildman–Crippen LogP) is 5.23. The van der Waals surface area contributed by atoms with Crippen molar-refractivity contribution in [1.29, 1.82) is 0 Å². The lowest BCUT2D eigenvalue weighted by Crippen LogP contribution is -2.11. The first kappa shape index (κ1) is 15.9. The average Bonchev–Trinajstić information content (AvgIpc) is 2.37. The minimum Gasteiger partial charge on any atom is -0.488 e. The van der Waals surface area contributed by atoms with Crippen LogP contribution in [0.15, 0.2) is 49.8 Å². The van der Waals surface area contributed by atoms with Crippen molar-refractivity contribution in [2.45, 2.75) is 6.10 Å². The number of halogens is 4. The lowest BCUT2D eigenvalue weighted by atomic mass is 10.1. The van der Waals surface area contributed by atoms with Crippen LogP contribution in [0.2, 0.25) is 0 Å². The maximum Gasteiger partial charge on any atom is 0.147 e. The molecule has 0 aliphatic heterocycles. The van der Waals surface area contributed by atoms with Crippen molar-refractivity contribution in [2.75, 3.05) is 6.61 Å². The molecule has 2 aromatic carbocycles. The topological polar surface area (TPSA) is 29.5 Å². The van der Waals surface area contributed by atoms with Gasteiger partial charge in [0.25, 0.3) is 0 Å². The first-order valence-electron chi connectivity index (χ1n) is 5.69. The van der Waals surface area contributed by atoms with Crippen LogP contribution >= 0.6 is 47.8 Å². The summed E-state index contributed by atoms with van der Waals surface area (Å²) >= 11 is 10.1. The Kier molecular flexibility index (Phi) is 5.60. The van der Waals surface area contributed by atoms with Gasteiger partial charge in [0.05, 0.1) is 8.95 Å². The summed E-state index contributed by atoms with van der Waals surface area (Å²) in [5.74, 6) is 0.112. The zero-order valence-electron chi connectivity index (χ0n) is 10.1. The quantitative estimate of drug-likeness (QED) is 0.666. The second-order valence-electron chi connectivity index (χ2n) is 4.05. The number of hydrogen-bond acceptors (Lipinski definition) is 2. The maximum absolute atomic E-state index is 13.5. The monoisotopic (exact) mass is 466 g/mol. The molecule has 1 atom stereocenters. The highest BCUT2D eigenvalue weighted by Gasteiger charge is 2.15. The molecule has 1 N–H and O–H groups in total. The minimum absolute atomic E-state index is 0.0419. The SMILES string of the molecule is OC(COc1c(Br)cc(Br)cc1Br)c1ccccc1F. The Morgan fingerprint density at radius 2 is 1.70 bits per heavy atom. The van der Waals surface area contributed by atoms with Crippen molar-refractivity contribution >= 4 is 47.8 Å². The molecule has 0 radical (unpaired) electrons. The van der Waals surface area contributed by atoms with Crippen molar-refractivity contribution in [1.82, 2.24) is 0 Å². The molecular formula is C14H10Br3FO2. The van der Waals surface area contributed by atoms with Gasteiger partial charge in [-0.25, -0.2) is 4.39 Å². The molecule has 0 amide bonds. The van der Waals surface area contributed by atoms with Gasteiger partial charge in [-0.2, -0.15) is 0 Å². The van der Waals surface area contributed by atoms with Crippen LogP contribution in [-0.2, 0) is 0 Å². The van der Waals surface area contributed by atoms with E-state index in [1.807, 2.05) is 12.1 Å². The summed E-state index contributed by atoms with van der Waals surface area (Å²) in [6, 6.07) is 9.76. The Bertz CT molecular complexity index is 596. The highest BCUT2D eigenvalue weighted by Crippen LogP contribution is 2.37. The zero-order chi connectivity index (χ0) is 14.7. The third kappa shape index (κ3) is 3.81. The Balaban J connectivity index is 2.12. The predicted molar refractivity (Wildman–Crippen MR) is 86.4 cm³/mol. The molecule has 0 aliphatic rings. The van der Waals surface area contributed by atoms with E-state index in [0.29, 0.717) is 5.75 Å². The summed E-state index contributed by atoms with van der Waals surface area (Å²) in [7, 11) is 0. The van der Waals surface area contributed by atoms with E-state index in [-0.39, 0.29) is 12.2 Å². The van der Waals surface area contributed by atoms with Gasteiger partial charge in [-0.15, -0.1) is 0 Å². The fraction of sp³-hybridized carbons (Fsp3) is 0.143. The summed E-state index contributed by atoms with van der Waals surface area (Å²) in [5.41, 5.74) is 0.219. The summed E-state index contributed by atoms with van der Waals surface area (Å²) in [6.07, 6.45) is -1.03. The van der Waals surface area contributed by atoms with Crippen LogP contribution in [0.1, 0.15) is 11.7 Å². The Labute approximate surface area is 141 Å². The summed E-state index contributed by atoms with van der Waals surface area (Å²) in [4.78, 5) is 0. The van der Waals surface area contributed by atoms with Gasteiger partial charge < -0.3 is 9.84 Å². The highest BCUT2D eigenvalue weighted by atomic mass is 79.9. The first-order chi connectivity index (χ1) is 9.49. The average molecular weight is 469 g/mol. The number of ether oxygens (including phenoxy) is 1. The lowest BCUT2D eigenvalue weighted by molar-refractivity contribution is 0.104. The highest BCUT2D eigenvalue weighted by molar-refractivity contribution is 9.11. The standard InChI is InChI=1S/C14H10Br3FO2/c15-8-5-10(16)14(11(17)6-8)20-7-13(19)9-3-1-2-4-12(9)18/h1-6,13,19H,7H2. The van der Waals surface area contributed by atoms with E-state index in [0.717, 1.165) is 13.4 Å². The molecule has 20 heavy (non-hydrogen) atoms. The van der Waals surface area contributed by atoms with Crippen molar-refractivity contribution in [3.05, 3.63) is 61.2 Å². The number of aliphatic hydroxyl groups excluding tert-OH is 1. The molecule has 0 bridgehead atoms. The van der Waals surface area contributed by atoms with Crippen molar-refractivity contribution in [3.63, 3.8) is 0 Å². The molecule has 2 rings (SSSR count).